The van der Waals surface area contributed by atoms with Gasteiger partial charge in [-0.05, 0) is 47.6 Å². The summed E-state index contributed by atoms with van der Waals surface area (Å²) in [5, 5.41) is 5.47. The molecule has 25 heavy (non-hydrogen) atoms. The van der Waals surface area contributed by atoms with Gasteiger partial charge in [-0.3, -0.25) is 9.59 Å². The largest absolute Gasteiger partial charge is 0.318 e. The average Bonchev–Trinajstić information content (AvgIpc) is 2.54. The first kappa shape index (κ1) is 18.7. The number of hydrogen-bond donors (Lipinski definition) is 2. The quantitative estimate of drug-likeness (QED) is 0.785. The number of carbonyl (C=O) groups excluding carboxylic acids is 2. The molecule has 0 aliphatic heterocycles. The minimum atomic E-state index is -0.668. The number of benzene rings is 2. The molecule has 4 heteroatoms. The summed E-state index contributed by atoms with van der Waals surface area (Å²) < 4.78 is 0. The van der Waals surface area contributed by atoms with E-state index in [1.165, 1.54) is 0 Å². The van der Waals surface area contributed by atoms with Crippen molar-refractivity contribution in [2.24, 2.45) is 0 Å². The predicted molar refractivity (Wildman–Crippen MR) is 103 cm³/mol. The molecule has 132 valence electrons. The summed E-state index contributed by atoms with van der Waals surface area (Å²) >= 11 is 0. The Hall–Kier alpha value is -2.62. The second kappa shape index (κ2) is 7.97. The van der Waals surface area contributed by atoms with E-state index in [0.29, 0.717) is 5.69 Å². The van der Waals surface area contributed by atoms with Gasteiger partial charge in [0.15, 0.2) is 0 Å². The number of para-hydroxylation sites is 1. The highest BCUT2D eigenvalue weighted by Gasteiger charge is 2.20. The van der Waals surface area contributed by atoms with E-state index in [1.807, 2.05) is 43.3 Å². The van der Waals surface area contributed by atoms with Crippen LogP contribution in [0.15, 0.2) is 42.5 Å². The smallest absolute Gasteiger partial charge is 0.314 e. The minimum absolute atomic E-state index is 0.244. The summed E-state index contributed by atoms with van der Waals surface area (Å²) in [5.74, 6) is -0.835. The van der Waals surface area contributed by atoms with E-state index in [-0.39, 0.29) is 11.8 Å². The predicted octanol–water partition coefficient (Wildman–Crippen LogP) is 4.82. The number of nitrogens with one attached hydrogen (secondary N) is 2. The summed E-state index contributed by atoms with van der Waals surface area (Å²) in [4.78, 5) is 24.7. The molecular weight excluding hydrogens is 312 g/mol. The number of carbonyl (C=O) groups is 2. The van der Waals surface area contributed by atoms with Gasteiger partial charge in [-0.2, -0.15) is 0 Å². The van der Waals surface area contributed by atoms with Crippen molar-refractivity contribution in [1.29, 1.82) is 0 Å². The Bertz CT molecular complexity index is 753. The Labute approximate surface area is 149 Å². The lowest BCUT2D eigenvalue weighted by Crippen LogP contribution is -2.30. The van der Waals surface area contributed by atoms with Crippen molar-refractivity contribution < 1.29 is 9.59 Å². The van der Waals surface area contributed by atoms with Gasteiger partial charge in [0, 0.05) is 11.4 Å². The molecule has 0 saturated carbocycles. The van der Waals surface area contributed by atoms with Crippen molar-refractivity contribution in [3.05, 3.63) is 59.2 Å². The lowest BCUT2D eigenvalue weighted by atomic mass is 9.92. The van der Waals surface area contributed by atoms with Gasteiger partial charge in [0.25, 0.3) is 0 Å². The molecule has 0 fully saturated rings. The van der Waals surface area contributed by atoms with E-state index >= 15 is 0 Å². The van der Waals surface area contributed by atoms with Crippen molar-refractivity contribution in [2.75, 3.05) is 10.6 Å². The van der Waals surface area contributed by atoms with Gasteiger partial charge in [0.05, 0.1) is 0 Å². The van der Waals surface area contributed by atoms with Crippen molar-refractivity contribution in [3.8, 4) is 0 Å². The Morgan fingerprint density at radius 3 is 1.84 bits per heavy atom. The Morgan fingerprint density at radius 2 is 1.32 bits per heavy atom. The highest BCUT2D eigenvalue weighted by atomic mass is 16.2. The van der Waals surface area contributed by atoms with Crippen LogP contribution in [0.5, 0.6) is 0 Å². The fraction of sp³-hybridized carbons (Fsp3) is 0.333. The molecule has 4 nitrogen and oxygen atoms in total. The van der Waals surface area contributed by atoms with Gasteiger partial charge in [-0.15, -0.1) is 0 Å². The molecule has 2 aromatic carbocycles. The second-order valence-electron chi connectivity index (χ2n) is 6.90. The first-order valence-electron chi connectivity index (χ1n) is 8.61. The van der Waals surface area contributed by atoms with Crippen molar-refractivity contribution in [3.63, 3.8) is 0 Å². The monoisotopic (exact) mass is 338 g/mol. The van der Waals surface area contributed by atoms with E-state index in [4.69, 9.17) is 0 Å². The van der Waals surface area contributed by atoms with Crippen LogP contribution in [0.4, 0.5) is 11.4 Å². The second-order valence-corrected chi connectivity index (χ2v) is 6.90. The summed E-state index contributed by atoms with van der Waals surface area (Å²) in [6.45, 7) is 10.2. The Kier molecular flexibility index (Phi) is 5.97. The van der Waals surface area contributed by atoms with Crippen LogP contribution in [0.1, 0.15) is 56.2 Å². The van der Waals surface area contributed by atoms with Crippen LogP contribution in [-0.2, 0) is 9.59 Å². The fourth-order valence-corrected chi connectivity index (χ4v) is 2.78. The summed E-state index contributed by atoms with van der Waals surface area (Å²) in [7, 11) is 0. The van der Waals surface area contributed by atoms with Crippen molar-refractivity contribution in [1.82, 2.24) is 0 Å². The van der Waals surface area contributed by atoms with Gasteiger partial charge in [-0.25, -0.2) is 0 Å². The van der Waals surface area contributed by atoms with Gasteiger partial charge in [-0.1, -0.05) is 58.0 Å². The topological polar surface area (TPSA) is 58.2 Å². The first-order valence-corrected chi connectivity index (χ1v) is 8.61. The number of rotatable bonds is 4. The highest BCUT2D eigenvalue weighted by molar-refractivity contribution is 6.43. The molecule has 0 heterocycles. The maximum absolute atomic E-state index is 12.4. The molecule has 0 radical (unpaired) electrons. The molecule has 0 aromatic heterocycles. The zero-order valence-electron chi connectivity index (χ0n) is 15.5. The Morgan fingerprint density at radius 1 is 0.800 bits per heavy atom. The van der Waals surface area contributed by atoms with Crippen LogP contribution in [0, 0.1) is 6.92 Å². The van der Waals surface area contributed by atoms with Gasteiger partial charge >= 0.3 is 11.8 Å². The minimum Gasteiger partial charge on any atom is -0.318 e. The number of aryl methyl sites for hydroxylation is 1. The number of anilines is 2. The Balaban J connectivity index is 2.23. The molecule has 2 rings (SSSR count). The zero-order valence-corrected chi connectivity index (χ0v) is 15.5. The molecule has 0 bridgehead atoms. The zero-order chi connectivity index (χ0) is 18.6. The van der Waals surface area contributed by atoms with Crippen LogP contribution < -0.4 is 10.6 Å². The third-order valence-electron chi connectivity index (χ3n) is 4.09. The van der Waals surface area contributed by atoms with Crippen molar-refractivity contribution in [2.45, 2.75) is 46.5 Å². The molecule has 2 amide bonds. The fourth-order valence-electron chi connectivity index (χ4n) is 2.78. The average molecular weight is 338 g/mol. The maximum Gasteiger partial charge on any atom is 0.314 e. The molecular formula is C21H26N2O2. The normalized spacial score (nSPS) is 10.8. The molecule has 0 unspecified atom stereocenters. The van der Waals surface area contributed by atoms with E-state index in [2.05, 4.69) is 38.3 Å². The van der Waals surface area contributed by atoms with Gasteiger partial charge < -0.3 is 10.6 Å². The molecule has 0 spiro atoms. The SMILES string of the molecule is Cc1cccc(NC(=O)C(=O)Nc2c(C(C)C)cccc2C(C)C)c1. The van der Waals surface area contributed by atoms with E-state index in [0.717, 1.165) is 22.4 Å². The maximum atomic E-state index is 12.4. The van der Waals surface area contributed by atoms with Crippen LogP contribution in [-0.4, -0.2) is 11.8 Å². The lowest BCUT2D eigenvalue weighted by molar-refractivity contribution is -0.133. The van der Waals surface area contributed by atoms with Crippen LogP contribution >= 0.6 is 0 Å². The molecule has 2 N–H and O–H groups in total. The summed E-state index contributed by atoms with van der Waals surface area (Å²) in [6, 6.07) is 13.3. The van der Waals surface area contributed by atoms with E-state index in [1.54, 1.807) is 6.07 Å². The molecule has 0 atom stereocenters. The lowest BCUT2D eigenvalue weighted by Gasteiger charge is -2.20. The number of amides is 2. The van der Waals surface area contributed by atoms with Gasteiger partial charge in [0.1, 0.15) is 0 Å². The standard InChI is InChI=1S/C21H26N2O2/c1-13(2)17-10-7-11-18(14(3)4)19(17)23-21(25)20(24)22-16-9-6-8-15(5)12-16/h6-14H,1-5H3,(H,22,24)(H,23,25). The summed E-state index contributed by atoms with van der Waals surface area (Å²) in [5.41, 5.74) is 4.44. The van der Waals surface area contributed by atoms with Crippen molar-refractivity contribution >= 4 is 23.2 Å². The summed E-state index contributed by atoms with van der Waals surface area (Å²) in [6.07, 6.45) is 0. The van der Waals surface area contributed by atoms with Crippen LogP contribution in [0.2, 0.25) is 0 Å². The third-order valence-corrected chi connectivity index (χ3v) is 4.09. The first-order chi connectivity index (χ1) is 11.8. The molecule has 0 aliphatic rings. The van der Waals surface area contributed by atoms with Gasteiger partial charge in [0.2, 0.25) is 0 Å². The van der Waals surface area contributed by atoms with E-state index in [9.17, 15) is 9.59 Å². The number of hydrogen-bond acceptors (Lipinski definition) is 2. The third kappa shape index (κ3) is 4.69. The van der Waals surface area contributed by atoms with Crippen LogP contribution in [0.3, 0.4) is 0 Å². The molecule has 0 saturated heterocycles. The highest BCUT2D eigenvalue weighted by Crippen LogP contribution is 2.32. The van der Waals surface area contributed by atoms with Crippen LogP contribution in [0.25, 0.3) is 0 Å². The molecule has 2 aromatic rings. The van der Waals surface area contributed by atoms with E-state index < -0.39 is 11.8 Å². The molecule has 0 aliphatic carbocycles.